The molecule has 0 bridgehead atoms. The zero-order chi connectivity index (χ0) is 15.5. The molecule has 2 N–H and O–H groups in total. The van der Waals surface area contributed by atoms with Crippen molar-refractivity contribution in [3.63, 3.8) is 0 Å². The van der Waals surface area contributed by atoms with E-state index < -0.39 is 10.9 Å². The minimum atomic E-state index is -1.30. The van der Waals surface area contributed by atoms with Crippen LogP contribution in [0.4, 0.5) is 11.4 Å². The Morgan fingerprint density at radius 2 is 2.05 bits per heavy atom. The summed E-state index contributed by atoms with van der Waals surface area (Å²) in [6.45, 7) is 8.83. The molecule has 1 atom stereocenters. The molecule has 0 saturated carbocycles. The lowest BCUT2D eigenvalue weighted by atomic mass is 9.82. The van der Waals surface area contributed by atoms with Crippen LogP contribution in [0.15, 0.2) is 18.2 Å². The summed E-state index contributed by atoms with van der Waals surface area (Å²) in [5.74, 6) is -1.03. The molecular formula is C14H20N2O4. The number of nitrogens with zero attached hydrogens (tertiary/aromatic N) is 1. The minimum Gasteiger partial charge on any atom is -0.477 e. The molecule has 20 heavy (non-hydrogen) atoms. The van der Waals surface area contributed by atoms with Crippen LogP contribution in [0.25, 0.3) is 0 Å². The van der Waals surface area contributed by atoms with Gasteiger partial charge in [0.05, 0.1) is 4.92 Å². The van der Waals surface area contributed by atoms with Gasteiger partial charge in [0.2, 0.25) is 0 Å². The van der Waals surface area contributed by atoms with E-state index in [1.165, 1.54) is 18.2 Å². The molecular weight excluding hydrogens is 260 g/mol. The summed E-state index contributed by atoms with van der Waals surface area (Å²) < 4.78 is 0. The molecule has 110 valence electrons. The number of carboxylic acids is 1. The van der Waals surface area contributed by atoms with Crippen molar-refractivity contribution in [1.82, 2.24) is 0 Å². The normalized spacial score (nSPS) is 12.8. The maximum atomic E-state index is 11.1. The van der Waals surface area contributed by atoms with Crippen LogP contribution in [0.3, 0.4) is 0 Å². The lowest BCUT2D eigenvalue weighted by molar-refractivity contribution is -0.384. The van der Waals surface area contributed by atoms with E-state index in [0.717, 1.165) is 0 Å². The number of carboxylic acid groups (broad SMARTS) is 1. The van der Waals surface area contributed by atoms with Gasteiger partial charge in [0.15, 0.2) is 0 Å². The highest BCUT2D eigenvalue weighted by atomic mass is 16.6. The zero-order valence-corrected chi connectivity index (χ0v) is 12.1. The molecule has 0 aliphatic carbocycles. The smallest absolute Gasteiger partial charge is 0.342 e. The molecule has 6 heteroatoms. The van der Waals surface area contributed by atoms with Crippen LogP contribution in [0.2, 0.25) is 0 Å². The van der Waals surface area contributed by atoms with Gasteiger partial charge in [-0.05, 0) is 23.5 Å². The Labute approximate surface area is 118 Å². The van der Waals surface area contributed by atoms with Crippen molar-refractivity contribution in [1.29, 1.82) is 0 Å². The number of carbonyl (C=O) groups is 1. The summed E-state index contributed by atoms with van der Waals surface area (Å²) in [4.78, 5) is 21.5. The topological polar surface area (TPSA) is 92.5 Å². The minimum absolute atomic E-state index is 0.0617. The largest absolute Gasteiger partial charge is 0.477 e. The van der Waals surface area contributed by atoms with E-state index in [4.69, 9.17) is 5.11 Å². The maximum Gasteiger partial charge on any atom is 0.342 e. The Morgan fingerprint density at radius 3 is 2.50 bits per heavy atom. The number of hydrogen-bond donors (Lipinski definition) is 2. The van der Waals surface area contributed by atoms with Gasteiger partial charge in [0.25, 0.3) is 0 Å². The number of nitro groups is 1. The molecule has 0 radical (unpaired) electrons. The lowest BCUT2D eigenvalue weighted by Crippen LogP contribution is -2.25. The van der Waals surface area contributed by atoms with Gasteiger partial charge in [-0.15, -0.1) is 0 Å². The van der Waals surface area contributed by atoms with Crippen molar-refractivity contribution in [2.24, 2.45) is 11.3 Å². The molecule has 0 fully saturated rings. The standard InChI is InChI=1S/C14H20N2O4/c1-9(14(2,3)4)8-15-11-7-5-6-10(13(17)18)12(11)16(19)20/h5-7,9,15H,8H2,1-4H3,(H,17,18). The van der Waals surface area contributed by atoms with Crippen LogP contribution in [-0.4, -0.2) is 22.5 Å². The van der Waals surface area contributed by atoms with E-state index in [1.807, 2.05) is 6.92 Å². The van der Waals surface area contributed by atoms with Crippen molar-refractivity contribution in [2.75, 3.05) is 11.9 Å². The first-order valence-corrected chi connectivity index (χ1v) is 6.39. The number of rotatable bonds is 5. The summed E-state index contributed by atoms with van der Waals surface area (Å²) in [5.41, 5.74) is -0.387. The molecule has 1 aromatic carbocycles. The second kappa shape index (κ2) is 5.90. The first-order chi connectivity index (χ1) is 9.14. The van der Waals surface area contributed by atoms with Crippen LogP contribution in [-0.2, 0) is 0 Å². The molecule has 0 saturated heterocycles. The Hall–Kier alpha value is -2.11. The number of aromatic carboxylic acids is 1. The van der Waals surface area contributed by atoms with Gasteiger partial charge < -0.3 is 10.4 Å². The number of anilines is 1. The average molecular weight is 280 g/mol. The van der Waals surface area contributed by atoms with Crippen molar-refractivity contribution in [2.45, 2.75) is 27.7 Å². The Bertz CT molecular complexity index is 520. The Balaban J connectivity index is 3.04. The molecule has 0 aliphatic rings. The molecule has 0 aliphatic heterocycles. The zero-order valence-electron chi connectivity index (χ0n) is 12.1. The molecule has 0 spiro atoms. The number of nitro benzene ring substituents is 1. The second-order valence-electron chi connectivity index (χ2n) is 5.91. The van der Waals surface area contributed by atoms with Crippen molar-refractivity contribution in [3.05, 3.63) is 33.9 Å². The third-order valence-electron chi connectivity index (χ3n) is 3.53. The summed E-state index contributed by atoms with van der Waals surface area (Å²) in [6.07, 6.45) is 0. The molecule has 0 amide bonds. The highest BCUT2D eigenvalue weighted by Gasteiger charge is 2.25. The third kappa shape index (κ3) is 3.69. The molecule has 6 nitrogen and oxygen atoms in total. The fraction of sp³-hybridized carbons (Fsp3) is 0.500. The second-order valence-corrected chi connectivity index (χ2v) is 5.91. The average Bonchev–Trinajstić information content (AvgIpc) is 2.33. The first-order valence-electron chi connectivity index (χ1n) is 6.39. The summed E-state index contributed by atoms with van der Waals surface area (Å²) in [5, 5.41) is 23.1. The molecule has 0 heterocycles. The van der Waals surface area contributed by atoms with Gasteiger partial charge in [-0.25, -0.2) is 4.79 Å². The van der Waals surface area contributed by atoms with Gasteiger partial charge >= 0.3 is 11.7 Å². The van der Waals surface area contributed by atoms with E-state index in [-0.39, 0.29) is 28.3 Å². The number of para-hydroxylation sites is 1. The lowest BCUT2D eigenvalue weighted by Gasteiger charge is -2.27. The monoisotopic (exact) mass is 280 g/mol. The summed E-state index contributed by atoms with van der Waals surface area (Å²) in [7, 11) is 0. The number of benzene rings is 1. The number of hydrogen-bond acceptors (Lipinski definition) is 4. The van der Waals surface area contributed by atoms with Crippen LogP contribution in [0, 0.1) is 21.4 Å². The van der Waals surface area contributed by atoms with E-state index in [0.29, 0.717) is 6.54 Å². The van der Waals surface area contributed by atoms with Gasteiger partial charge in [-0.2, -0.15) is 0 Å². The van der Waals surface area contributed by atoms with Crippen LogP contribution >= 0.6 is 0 Å². The SMILES string of the molecule is CC(CNc1cccc(C(=O)O)c1[N+](=O)[O-])C(C)(C)C. The summed E-state index contributed by atoms with van der Waals surface area (Å²) in [6, 6.07) is 4.26. The fourth-order valence-corrected chi connectivity index (χ4v) is 1.62. The first kappa shape index (κ1) is 15.9. The van der Waals surface area contributed by atoms with Gasteiger partial charge in [0.1, 0.15) is 11.3 Å². The van der Waals surface area contributed by atoms with Gasteiger partial charge in [-0.3, -0.25) is 10.1 Å². The Kier molecular flexibility index (Phi) is 4.70. The quantitative estimate of drug-likeness (QED) is 0.637. The van der Waals surface area contributed by atoms with E-state index in [9.17, 15) is 14.9 Å². The van der Waals surface area contributed by atoms with Crippen molar-refractivity contribution < 1.29 is 14.8 Å². The van der Waals surface area contributed by atoms with E-state index in [2.05, 4.69) is 26.1 Å². The molecule has 1 unspecified atom stereocenters. The molecule has 1 aromatic rings. The Morgan fingerprint density at radius 1 is 1.45 bits per heavy atom. The van der Waals surface area contributed by atoms with Crippen molar-refractivity contribution >= 4 is 17.3 Å². The molecule has 0 aromatic heterocycles. The van der Waals surface area contributed by atoms with E-state index >= 15 is 0 Å². The fourth-order valence-electron chi connectivity index (χ4n) is 1.62. The van der Waals surface area contributed by atoms with Crippen LogP contribution in [0.5, 0.6) is 0 Å². The predicted octanol–water partition coefficient (Wildman–Crippen LogP) is 3.39. The van der Waals surface area contributed by atoms with E-state index in [1.54, 1.807) is 0 Å². The van der Waals surface area contributed by atoms with Crippen LogP contribution in [0.1, 0.15) is 38.1 Å². The summed E-state index contributed by atoms with van der Waals surface area (Å²) >= 11 is 0. The highest BCUT2D eigenvalue weighted by Crippen LogP contribution is 2.31. The highest BCUT2D eigenvalue weighted by molar-refractivity contribution is 5.95. The number of nitrogens with one attached hydrogen (secondary N) is 1. The van der Waals surface area contributed by atoms with Gasteiger partial charge in [-0.1, -0.05) is 33.8 Å². The predicted molar refractivity (Wildman–Crippen MR) is 77.2 cm³/mol. The van der Waals surface area contributed by atoms with Gasteiger partial charge in [0, 0.05) is 6.54 Å². The molecule has 1 rings (SSSR count). The van der Waals surface area contributed by atoms with Crippen LogP contribution < -0.4 is 5.32 Å². The third-order valence-corrected chi connectivity index (χ3v) is 3.53. The van der Waals surface area contributed by atoms with Crippen molar-refractivity contribution in [3.8, 4) is 0 Å². The maximum absolute atomic E-state index is 11.1.